The molecule has 0 spiro atoms. The zero-order valence-corrected chi connectivity index (χ0v) is 11.5. The van der Waals surface area contributed by atoms with E-state index in [4.69, 9.17) is 4.74 Å². The van der Waals surface area contributed by atoms with E-state index in [1.54, 1.807) is 7.11 Å². The summed E-state index contributed by atoms with van der Waals surface area (Å²) in [6, 6.07) is 12.4. The number of benzene rings is 1. The standard InChI is InChI=1S/C16H20N2O/c1-3-6-14-7-4-5-8-15(14)17-11-13-9-10-16(19-2)18-12-13/h4-5,7-10,12,17H,3,6,11H2,1-2H3. The molecule has 0 unspecified atom stereocenters. The van der Waals surface area contributed by atoms with Crippen LogP contribution >= 0.6 is 0 Å². The lowest BCUT2D eigenvalue weighted by molar-refractivity contribution is 0.397. The number of pyridine rings is 1. The summed E-state index contributed by atoms with van der Waals surface area (Å²) in [6.45, 7) is 2.97. The lowest BCUT2D eigenvalue weighted by atomic mass is 10.1. The molecule has 0 aliphatic heterocycles. The van der Waals surface area contributed by atoms with Crippen molar-refractivity contribution in [1.29, 1.82) is 0 Å². The normalized spacial score (nSPS) is 10.2. The first-order chi connectivity index (χ1) is 9.33. The van der Waals surface area contributed by atoms with Crippen molar-refractivity contribution < 1.29 is 4.74 Å². The molecule has 2 rings (SSSR count). The highest BCUT2D eigenvalue weighted by Gasteiger charge is 2.01. The van der Waals surface area contributed by atoms with E-state index in [1.807, 2.05) is 18.3 Å². The predicted octanol–water partition coefficient (Wildman–Crippen LogP) is 3.65. The van der Waals surface area contributed by atoms with E-state index in [0.717, 1.165) is 24.9 Å². The second kappa shape index (κ2) is 6.78. The van der Waals surface area contributed by atoms with Gasteiger partial charge < -0.3 is 10.1 Å². The summed E-state index contributed by atoms with van der Waals surface area (Å²) in [4.78, 5) is 4.21. The molecule has 1 N–H and O–H groups in total. The van der Waals surface area contributed by atoms with Crippen LogP contribution in [0.4, 0.5) is 5.69 Å². The Morgan fingerprint density at radius 3 is 2.68 bits per heavy atom. The van der Waals surface area contributed by atoms with Gasteiger partial charge in [-0.1, -0.05) is 37.6 Å². The number of aromatic nitrogens is 1. The molecule has 19 heavy (non-hydrogen) atoms. The third-order valence-corrected chi connectivity index (χ3v) is 3.03. The van der Waals surface area contributed by atoms with Crippen molar-refractivity contribution in [2.24, 2.45) is 0 Å². The van der Waals surface area contributed by atoms with E-state index in [0.29, 0.717) is 5.88 Å². The maximum atomic E-state index is 5.05. The molecule has 1 heterocycles. The summed E-state index contributed by atoms with van der Waals surface area (Å²) in [5.74, 6) is 0.648. The van der Waals surface area contributed by atoms with Gasteiger partial charge in [0.15, 0.2) is 0 Å². The molecule has 3 nitrogen and oxygen atoms in total. The van der Waals surface area contributed by atoms with Crippen LogP contribution in [-0.4, -0.2) is 12.1 Å². The fourth-order valence-electron chi connectivity index (χ4n) is 2.01. The summed E-state index contributed by atoms with van der Waals surface area (Å²) in [5.41, 5.74) is 3.72. The van der Waals surface area contributed by atoms with Crippen molar-refractivity contribution in [3.8, 4) is 5.88 Å². The number of para-hydroxylation sites is 1. The number of anilines is 1. The molecule has 0 aliphatic carbocycles. The number of hydrogen-bond acceptors (Lipinski definition) is 3. The zero-order chi connectivity index (χ0) is 13.5. The highest BCUT2D eigenvalue weighted by atomic mass is 16.5. The number of nitrogens with zero attached hydrogens (tertiary/aromatic N) is 1. The highest BCUT2D eigenvalue weighted by molar-refractivity contribution is 5.51. The summed E-state index contributed by atoms with van der Waals surface area (Å²) in [7, 11) is 1.63. The van der Waals surface area contributed by atoms with Crippen molar-refractivity contribution >= 4 is 5.69 Å². The molecular formula is C16H20N2O. The molecule has 0 atom stereocenters. The van der Waals surface area contributed by atoms with Crippen LogP contribution in [0.1, 0.15) is 24.5 Å². The van der Waals surface area contributed by atoms with Crippen LogP contribution in [0, 0.1) is 0 Å². The topological polar surface area (TPSA) is 34.1 Å². The Bertz CT molecular complexity index is 508. The first-order valence-electron chi connectivity index (χ1n) is 6.64. The van der Waals surface area contributed by atoms with Crippen LogP contribution in [0.15, 0.2) is 42.6 Å². The summed E-state index contributed by atoms with van der Waals surface area (Å²) in [5, 5.41) is 3.47. The molecule has 0 saturated carbocycles. The first kappa shape index (κ1) is 13.4. The molecule has 0 aliphatic rings. The van der Waals surface area contributed by atoms with E-state index in [2.05, 4.69) is 41.5 Å². The average molecular weight is 256 g/mol. The Morgan fingerprint density at radius 2 is 2.00 bits per heavy atom. The molecule has 3 heteroatoms. The monoisotopic (exact) mass is 256 g/mol. The average Bonchev–Trinajstić information content (AvgIpc) is 2.47. The van der Waals surface area contributed by atoms with Gasteiger partial charge in [-0.15, -0.1) is 0 Å². The van der Waals surface area contributed by atoms with Gasteiger partial charge in [0.25, 0.3) is 0 Å². The molecule has 2 aromatic rings. The summed E-state index contributed by atoms with van der Waals surface area (Å²) >= 11 is 0. The van der Waals surface area contributed by atoms with Gasteiger partial charge in [-0.2, -0.15) is 0 Å². The fraction of sp³-hybridized carbons (Fsp3) is 0.312. The quantitative estimate of drug-likeness (QED) is 0.856. The van der Waals surface area contributed by atoms with Gasteiger partial charge in [-0.3, -0.25) is 0 Å². The molecule has 1 aromatic heterocycles. The molecule has 0 fully saturated rings. The first-order valence-corrected chi connectivity index (χ1v) is 6.64. The summed E-state index contributed by atoms with van der Waals surface area (Å²) < 4.78 is 5.05. The number of nitrogens with one attached hydrogen (secondary N) is 1. The van der Waals surface area contributed by atoms with Crippen LogP contribution in [0.2, 0.25) is 0 Å². The van der Waals surface area contributed by atoms with Gasteiger partial charge in [0.2, 0.25) is 5.88 Å². The van der Waals surface area contributed by atoms with Crippen LogP contribution in [-0.2, 0) is 13.0 Å². The second-order valence-electron chi connectivity index (χ2n) is 4.47. The predicted molar refractivity (Wildman–Crippen MR) is 78.6 cm³/mol. The maximum Gasteiger partial charge on any atom is 0.212 e. The van der Waals surface area contributed by atoms with Crippen LogP contribution in [0.3, 0.4) is 0 Å². The molecule has 1 aromatic carbocycles. The molecule has 0 amide bonds. The Kier molecular flexibility index (Phi) is 4.78. The minimum atomic E-state index is 0.648. The van der Waals surface area contributed by atoms with E-state index >= 15 is 0 Å². The number of aryl methyl sites for hydroxylation is 1. The Labute approximate surface area is 114 Å². The van der Waals surface area contributed by atoms with E-state index in [-0.39, 0.29) is 0 Å². The second-order valence-corrected chi connectivity index (χ2v) is 4.47. The van der Waals surface area contributed by atoms with E-state index < -0.39 is 0 Å². The van der Waals surface area contributed by atoms with Gasteiger partial charge in [-0.05, 0) is 23.6 Å². The van der Waals surface area contributed by atoms with Gasteiger partial charge in [0, 0.05) is 24.5 Å². The molecule has 0 radical (unpaired) electrons. The molecule has 100 valence electrons. The Morgan fingerprint density at radius 1 is 1.16 bits per heavy atom. The minimum Gasteiger partial charge on any atom is -0.481 e. The van der Waals surface area contributed by atoms with E-state index in [1.165, 1.54) is 11.3 Å². The van der Waals surface area contributed by atoms with Crippen LogP contribution in [0.25, 0.3) is 0 Å². The van der Waals surface area contributed by atoms with Gasteiger partial charge in [0.1, 0.15) is 0 Å². The van der Waals surface area contributed by atoms with Crippen LogP contribution in [0.5, 0.6) is 5.88 Å². The van der Waals surface area contributed by atoms with Crippen molar-refractivity contribution in [3.05, 3.63) is 53.7 Å². The number of methoxy groups -OCH3 is 1. The zero-order valence-electron chi connectivity index (χ0n) is 11.5. The van der Waals surface area contributed by atoms with Gasteiger partial charge >= 0.3 is 0 Å². The van der Waals surface area contributed by atoms with Crippen molar-refractivity contribution in [1.82, 2.24) is 4.98 Å². The molecular weight excluding hydrogens is 236 g/mol. The van der Waals surface area contributed by atoms with Crippen LogP contribution < -0.4 is 10.1 Å². The lowest BCUT2D eigenvalue weighted by Gasteiger charge is -2.11. The Hall–Kier alpha value is -2.03. The SMILES string of the molecule is CCCc1ccccc1NCc1ccc(OC)nc1. The minimum absolute atomic E-state index is 0.648. The number of ether oxygens (including phenoxy) is 1. The summed E-state index contributed by atoms with van der Waals surface area (Å²) in [6.07, 6.45) is 4.10. The van der Waals surface area contributed by atoms with Gasteiger partial charge in [-0.25, -0.2) is 4.98 Å². The number of hydrogen-bond donors (Lipinski definition) is 1. The maximum absolute atomic E-state index is 5.05. The van der Waals surface area contributed by atoms with Crippen molar-refractivity contribution in [3.63, 3.8) is 0 Å². The third-order valence-electron chi connectivity index (χ3n) is 3.03. The number of rotatable bonds is 6. The third kappa shape index (κ3) is 3.71. The smallest absolute Gasteiger partial charge is 0.212 e. The van der Waals surface area contributed by atoms with Crippen molar-refractivity contribution in [2.45, 2.75) is 26.3 Å². The molecule has 0 bridgehead atoms. The molecule has 0 saturated heterocycles. The van der Waals surface area contributed by atoms with E-state index in [9.17, 15) is 0 Å². The largest absolute Gasteiger partial charge is 0.481 e. The Balaban J connectivity index is 2.01. The fourth-order valence-corrected chi connectivity index (χ4v) is 2.01. The lowest BCUT2D eigenvalue weighted by Crippen LogP contribution is -2.03. The highest BCUT2D eigenvalue weighted by Crippen LogP contribution is 2.18. The van der Waals surface area contributed by atoms with Gasteiger partial charge in [0.05, 0.1) is 7.11 Å². The van der Waals surface area contributed by atoms with Crippen molar-refractivity contribution in [2.75, 3.05) is 12.4 Å².